The SMILES string of the molecule is CC.Cc1ccc2cnccc2c1Cl. The molecule has 14 heavy (non-hydrogen) atoms. The van der Waals surface area contributed by atoms with Gasteiger partial charge in [0, 0.05) is 23.2 Å². The zero-order valence-electron chi connectivity index (χ0n) is 8.71. The first-order valence-corrected chi connectivity index (χ1v) is 5.15. The number of pyridine rings is 1. The van der Waals surface area contributed by atoms with Crippen molar-refractivity contribution < 1.29 is 0 Å². The number of benzene rings is 1. The average molecular weight is 208 g/mol. The molecule has 1 aromatic heterocycles. The third-order valence-electron chi connectivity index (χ3n) is 1.95. The van der Waals surface area contributed by atoms with Crippen molar-refractivity contribution in [3.63, 3.8) is 0 Å². The van der Waals surface area contributed by atoms with Gasteiger partial charge in [-0.3, -0.25) is 4.98 Å². The van der Waals surface area contributed by atoms with Gasteiger partial charge in [0.1, 0.15) is 0 Å². The second-order valence-corrected chi connectivity index (χ2v) is 3.17. The van der Waals surface area contributed by atoms with Crippen molar-refractivity contribution in [3.8, 4) is 0 Å². The summed E-state index contributed by atoms with van der Waals surface area (Å²) in [6.45, 7) is 6.00. The van der Waals surface area contributed by atoms with Gasteiger partial charge >= 0.3 is 0 Å². The standard InChI is InChI=1S/C10H8ClN.C2H6/c1-7-2-3-8-6-12-5-4-9(8)10(7)11;1-2/h2-6H,1H3;1-2H3. The third-order valence-corrected chi connectivity index (χ3v) is 2.45. The summed E-state index contributed by atoms with van der Waals surface area (Å²) >= 11 is 6.10. The molecule has 2 heteroatoms. The van der Waals surface area contributed by atoms with Crippen LogP contribution in [0, 0.1) is 6.92 Å². The Morgan fingerprint density at radius 1 is 1.14 bits per heavy atom. The van der Waals surface area contributed by atoms with Gasteiger partial charge < -0.3 is 0 Å². The minimum atomic E-state index is 0.829. The van der Waals surface area contributed by atoms with Gasteiger partial charge in [-0.2, -0.15) is 0 Å². The van der Waals surface area contributed by atoms with Crippen LogP contribution in [-0.2, 0) is 0 Å². The van der Waals surface area contributed by atoms with Crippen molar-refractivity contribution in [3.05, 3.63) is 41.2 Å². The normalized spacial score (nSPS) is 9.43. The minimum Gasteiger partial charge on any atom is -0.264 e. The van der Waals surface area contributed by atoms with Gasteiger partial charge in [0.25, 0.3) is 0 Å². The van der Waals surface area contributed by atoms with E-state index >= 15 is 0 Å². The van der Waals surface area contributed by atoms with Crippen molar-refractivity contribution in [1.29, 1.82) is 0 Å². The predicted octanol–water partition coefficient (Wildman–Crippen LogP) is 4.22. The molecule has 0 spiro atoms. The van der Waals surface area contributed by atoms with Crippen molar-refractivity contribution in [2.45, 2.75) is 20.8 Å². The van der Waals surface area contributed by atoms with E-state index in [2.05, 4.69) is 4.98 Å². The average Bonchev–Trinajstić information content (AvgIpc) is 2.27. The topological polar surface area (TPSA) is 12.9 Å². The predicted molar refractivity (Wildman–Crippen MR) is 62.8 cm³/mol. The van der Waals surface area contributed by atoms with Gasteiger partial charge in [-0.15, -0.1) is 0 Å². The number of halogens is 1. The maximum Gasteiger partial charge on any atom is 0.0514 e. The van der Waals surface area contributed by atoms with E-state index in [4.69, 9.17) is 11.6 Å². The summed E-state index contributed by atoms with van der Waals surface area (Å²) in [5.41, 5.74) is 1.11. The molecule has 0 unspecified atom stereocenters. The van der Waals surface area contributed by atoms with E-state index in [1.807, 2.05) is 45.2 Å². The maximum atomic E-state index is 6.10. The number of hydrogen-bond donors (Lipinski definition) is 0. The Morgan fingerprint density at radius 3 is 2.57 bits per heavy atom. The summed E-state index contributed by atoms with van der Waals surface area (Å²) in [5, 5.41) is 3.00. The van der Waals surface area contributed by atoms with Crippen molar-refractivity contribution in [2.24, 2.45) is 0 Å². The highest BCUT2D eigenvalue weighted by atomic mass is 35.5. The maximum absolute atomic E-state index is 6.10. The summed E-state index contributed by atoms with van der Waals surface area (Å²) in [4.78, 5) is 4.03. The van der Waals surface area contributed by atoms with Crippen LogP contribution < -0.4 is 0 Å². The lowest BCUT2D eigenvalue weighted by Crippen LogP contribution is -1.79. The highest BCUT2D eigenvalue weighted by molar-refractivity contribution is 6.36. The van der Waals surface area contributed by atoms with Crippen LogP contribution in [0.1, 0.15) is 19.4 Å². The largest absolute Gasteiger partial charge is 0.264 e. The molecule has 0 saturated carbocycles. The van der Waals surface area contributed by atoms with Gasteiger partial charge in [0.05, 0.1) is 5.02 Å². The molecule has 0 aliphatic rings. The first-order chi connectivity index (χ1) is 6.79. The molecule has 2 rings (SSSR count). The fraction of sp³-hybridized carbons (Fsp3) is 0.250. The van der Waals surface area contributed by atoms with Crippen LogP contribution in [0.3, 0.4) is 0 Å². The highest BCUT2D eigenvalue weighted by Gasteiger charge is 2.00. The summed E-state index contributed by atoms with van der Waals surface area (Å²) in [6.07, 6.45) is 3.58. The van der Waals surface area contributed by atoms with Gasteiger partial charge in [0.2, 0.25) is 0 Å². The Balaban J connectivity index is 0.000000461. The molecule has 0 N–H and O–H groups in total. The van der Waals surface area contributed by atoms with Gasteiger partial charge in [0.15, 0.2) is 0 Å². The third kappa shape index (κ3) is 2.05. The fourth-order valence-electron chi connectivity index (χ4n) is 1.24. The van der Waals surface area contributed by atoms with Crippen LogP contribution in [0.5, 0.6) is 0 Å². The summed E-state index contributed by atoms with van der Waals surface area (Å²) < 4.78 is 0. The first-order valence-electron chi connectivity index (χ1n) is 4.78. The molecule has 0 radical (unpaired) electrons. The van der Waals surface area contributed by atoms with Crippen LogP contribution in [-0.4, -0.2) is 4.98 Å². The molecule has 0 bridgehead atoms. The van der Waals surface area contributed by atoms with E-state index in [1.165, 1.54) is 0 Å². The summed E-state index contributed by atoms with van der Waals surface area (Å²) in [5.74, 6) is 0. The quantitative estimate of drug-likeness (QED) is 0.630. The molecule has 0 saturated heterocycles. The zero-order valence-corrected chi connectivity index (χ0v) is 9.47. The first kappa shape index (κ1) is 11.0. The van der Waals surface area contributed by atoms with Crippen LogP contribution in [0.25, 0.3) is 10.8 Å². The smallest absolute Gasteiger partial charge is 0.0514 e. The van der Waals surface area contributed by atoms with E-state index in [0.29, 0.717) is 0 Å². The number of aryl methyl sites for hydroxylation is 1. The Kier molecular flexibility index (Phi) is 3.90. The summed E-state index contributed by atoms with van der Waals surface area (Å²) in [7, 11) is 0. The van der Waals surface area contributed by atoms with Crippen molar-refractivity contribution in [2.75, 3.05) is 0 Å². The summed E-state index contributed by atoms with van der Waals surface area (Å²) in [6, 6.07) is 5.97. The monoisotopic (exact) mass is 207 g/mol. The Hall–Kier alpha value is -1.08. The Labute approximate surface area is 89.7 Å². The molecule has 2 aromatic rings. The van der Waals surface area contributed by atoms with E-state index in [-0.39, 0.29) is 0 Å². The number of aromatic nitrogens is 1. The molecule has 1 nitrogen and oxygen atoms in total. The number of hydrogen-bond acceptors (Lipinski definition) is 1. The van der Waals surface area contributed by atoms with Crippen LogP contribution in [0.15, 0.2) is 30.6 Å². The minimum absolute atomic E-state index is 0.829. The number of nitrogens with zero attached hydrogens (tertiary/aromatic N) is 1. The molecule has 1 heterocycles. The molecule has 0 aliphatic carbocycles. The lowest BCUT2D eigenvalue weighted by atomic mass is 10.1. The van der Waals surface area contributed by atoms with Crippen LogP contribution >= 0.6 is 11.6 Å². The Morgan fingerprint density at radius 2 is 1.86 bits per heavy atom. The lowest BCUT2D eigenvalue weighted by Gasteiger charge is -2.01. The molecule has 0 atom stereocenters. The second kappa shape index (κ2) is 4.97. The van der Waals surface area contributed by atoms with E-state index < -0.39 is 0 Å². The molecule has 0 aliphatic heterocycles. The second-order valence-electron chi connectivity index (χ2n) is 2.79. The number of rotatable bonds is 0. The van der Waals surface area contributed by atoms with Crippen LogP contribution in [0.2, 0.25) is 5.02 Å². The van der Waals surface area contributed by atoms with Gasteiger partial charge in [-0.1, -0.05) is 37.6 Å². The van der Waals surface area contributed by atoms with Crippen molar-refractivity contribution in [1.82, 2.24) is 4.98 Å². The van der Waals surface area contributed by atoms with Gasteiger partial charge in [-0.25, -0.2) is 0 Å². The molecule has 0 fully saturated rings. The number of fused-ring (bicyclic) bond motifs is 1. The van der Waals surface area contributed by atoms with E-state index in [0.717, 1.165) is 21.4 Å². The highest BCUT2D eigenvalue weighted by Crippen LogP contribution is 2.25. The lowest BCUT2D eigenvalue weighted by molar-refractivity contribution is 1.36. The van der Waals surface area contributed by atoms with E-state index in [9.17, 15) is 0 Å². The molecular formula is C12H14ClN. The Bertz CT molecular complexity index is 424. The fourth-order valence-corrected chi connectivity index (χ4v) is 1.47. The molecule has 74 valence electrons. The molecule has 1 aromatic carbocycles. The van der Waals surface area contributed by atoms with Crippen molar-refractivity contribution >= 4 is 22.4 Å². The molecule has 0 amide bonds. The van der Waals surface area contributed by atoms with E-state index in [1.54, 1.807) is 6.20 Å². The van der Waals surface area contributed by atoms with Gasteiger partial charge in [-0.05, 0) is 18.6 Å². The zero-order chi connectivity index (χ0) is 10.6. The molecular weight excluding hydrogens is 194 g/mol. The van der Waals surface area contributed by atoms with Crippen LogP contribution in [0.4, 0.5) is 0 Å².